The Morgan fingerprint density at radius 3 is 2.06 bits per heavy atom. The molecule has 0 aromatic heterocycles. The smallest absolute Gasteiger partial charge is 0.264 e. The molecule has 0 unspecified atom stereocenters. The number of sulfonamides is 1. The topological polar surface area (TPSA) is 105 Å². The van der Waals surface area contributed by atoms with Crippen LogP contribution in [0.2, 0.25) is 0 Å². The fraction of sp³-hybridized carbons (Fsp3) is 0.278. The van der Waals surface area contributed by atoms with Gasteiger partial charge in [-0.2, -0.15) is 0 Å². The van der Waals surface area contributed by atoms with Crippen LogP contribution in [0, 0.1) is 5.82 Å². The first-order valence-electron chi connectivity index (χ1n) is 15.0. The first-order valence-corrected chi connectivity index (χ1v) is 16.5. The molecule has 0 saturated carbocycles. The fourth-order valence-corrected chi connectivity index (χ4v) is 6.47. The van der Waals surface area contributed by atoms with Gasteiger partial charge in [-0.3, -0.25) is 13.9 Å². The number of nitrogens with zero attached hydrogens (tertiary/aromatic N) is 2. The molecule has 1 atom stereocenters. The Balaban J connectivity index is 1.85. The molecule has 4 aromatic rings. The van der Waals surface area contributed by atoms with Crippen LogP contribution in [-0.4, -0.2) is 57.5 Å². The van der Waals surface area contributed by atoms with Crippen LogP contribution in [-0.2, 0) is 32.6 Å². The number of halogens is 1. The molecular formula is C36H40FN3O6S. The van der Waals surface area contributed by atoms with Crippen LogP contribution in [0.5, 0.6) is 11.5 Å². The molecule has 0 fully saturated rings. The van der Waals surface area contributed by atoms with Crippen molar-refractivity contribution >= 4 is 27.5 Å². The number of carbonyl (C=O) groups is 2. The van der Waals surface area contributed by atoms with Crippen molar-refractivity contribution in [2.45, 2.75) is 50.2 Å². The van der Waals surface area contributed by atoms with Gasteiger partial charge in [0.25, 0.3) is 10.0 Å². The monoisotopic (exact) mass is 661 g/mol. The molecule has 9 nitrogen and oxygen atoms in total. The summed E-state index contributed by atoms with van der Waals surface area (Å²) in [5.41, 5.74) is 0.397. The second-order valence-corrected chi connectivity index (χ2v) is 13.8. The van der Waals surface area contributed by atoms with Crippen LogP contribution in [0.15, 0.2) is 108 Å². The number of hydrogen-bond acceptors (Lipinski definition) is 6. The summed E-state index contributed by atoms with van der Waals surface area (Å²) in [6.45, 7) is 4.45. The number of para-hydroxylation sites is 2. The van der Waals surface area contributed by atoms with Crippen molar-refractivity contribution in [1.29, 1.82) is 0 Å². The lowest BCUT2D eigenvalue weighted by Crippen LogP contribution is -2.56. The molecule has 1 N–H and O–H groups in total. The van der Waals surface area contributed by atoms with E-state index < -0.39 is 45.8 Å². The molecule has 4 rings (SSSR count). The van der Waals surface area contributed by atoms with E-state index >= 15 is 4.39 Å². The molecule has 0 bridgehead atoms. The van der Waals surface area contributed by atoms with E-state index in [1.54, 1.807) is 24.3 Å². The van der Waals surface area contributed by atoms with Crippen molar-refractivity contribution in [3.05, 3.63) is 120 Å². The second kappa shape index (κ2) is 15.1. The third-order valence-electron chi connectivity index (χ3n) is 7.35. The number of methoxy groups -OCH3 is 2. The third kappa shape index (κ3) is 8.88. The average molecular weight is 662 g/mol. The second-order valence-electron chi connectivity index (χ2n) is 11.9. The average Bonchev–Trinajstić information content (AvgIpc) is 3.05. The predicted molar refractivity (Wildman–Crippen MR) is 179 cm³/mol. The zero-order valence-electron chi connectivity index (χ0n) is 27.1. The number of rotatable bonds is 13. The van der Waals surface area contributed by atoms with E-state index in [0.717, 1.165) is 9.87 Å². The third-order valence-corrected chi connectivity index (χ3v) is 9.12. The maximum Gasteiger partial charge on any atom is 0.264 e. The molecule has 0 aliphatic rings. The number of ether oxygens (including phenoxy) is 2. The standard InChI is InChI=1S/C36H40FN3O6S/c1-36(2,3)38-35(42)32(23-26-13-7-6-8-14-26)39(24-27-15-9-10-16-30(27)37)34(41)25-40(31-17-11-12-18-33(31)46-5)47(43,44)29-21-19-28(45-4)20-22-29/h6-22,32H,23-25H2,1-5H3,(H,38,42)/t32-/m1/s1. The molecule has 11 heteroatoms. The molecule has 0 radical (unpaired) electrons. The summed E-state index contributed by atoms with van der Waals surface area (Å²) in [4.78, 5) is 29.7. The zero-order valence-corrected chi connectivity index (χ0v) is 28.0. The van der Waals surface area contributed by atoms with Crippen molar-refractivity contribution in [3.63, 3.8) is 0 Å². The van der Waals surface area contributed by atoms with Crippen LogP contribution < -0.4 is 19.1 Å². The summed E-state index contributed by atoms with van der Waals surface area (Å²) >= 11 is 0. The van der Waals surface area contributed by atoms with Crippen molar-refractivity contribution in [2.75, 3.05) is 25.1 Å². The molecule has 4 aromatic carbocycles. The van der Waals surface area contributed by atoms with Gasteiger partial charge in [-0.1, -0.05) is 60.7 Å². The maximum absolute atomic E-state index is 15.1. The normalized spacial score (nSPS) is 12.1. The van der Waals surface area contributed by atoms with Gasteiger partial charge in [-0.05, 0) is 68.8 Å². The van der Waals surface area contributed by atoms with E-state index in [2.05, 4.69) is 5.32 Å². The lowest BCUT2D eigenvalue weighted by atomic mass is 10.0. The molecule has 0 heterocycles. The summed E-state index contributed by atoms with van der Waals surface area (Å²) in [5, 5.41) is 2.96. The van der Waals surface area contributed by atoms with Gasteiger partial charge in [0.1, 0.15) is 29.9 Å². The number of anilines is 1. The van der Waals surface area contributed by atoms with Gasteiger partial charge in [0.2, 0.25) is 11.8 Å². The van der Waals surface area contributed by atoms with Crippen molar-refractivity contribution < 1.29 is 31.9 Å². The molecule has 2 amide bonds. The number of amides is 2. The van der Waals surface area contributed by atoms with Gasteiger partial charge in [0, 0.05) is 24.1 Å². The molecule has 47 heavy (non-hydrogen) atoms. The number of carbonyl (C=O) groups excluding carboxylic acids is 2. The van der Waals surface area contributed by atoms with Gasteiger partial charge in [-0.15, -0.1) is 0 Å². The van der Waals surface area contributed by atoms with Gasteiger partial charge in [0.15, 0.2) is 0 Å². The number of hydrogen-bond donors (Lipinski definition) is 1. The summed E-state index contributed by atoms with van der Waals surface area (Å²) in [7, 11) is -1.51. The van der Waals surface area contributed by atoms with Gasteiger partial charge in [0.05, 0.1) is 24.8 Å². The molecule has 0 aliphatic carbocycles. The molecule has 248 valence electrons. The minimum atomic E-state index is -4.38. The van der Waals surface area contributed by atoms with Crippen LogP contribution in [0.25, 0.3) is 0 Å². The Morgan fingerprint density at radius 2 is 1.45 bits per heavy atom. The van der Waals surface area contributed by atoms with E-state index in [1.807, 2.05) is 51.1 Å². The number of benzene rings is 4. The fourth-order valence-electron chi connectivity index (χ4n) is 5.04. The first kappa shape index (κ1) is 35.0. The van der Waals surface area contributed by atoms with E-state index in [9.17, 15) is 18.0 Å². The van der Waals surface area contributed by atoms with Crippen LogP contribution in [0.1, 0.15) is 31.9 Å². The lowest BCUT2D eigenvalue weighted by molar-refractivity contribution is -0.140. The predicted octanol–water partition coefficient (Wildman–Crippen LogP) is 5.59. The van der Waals surface area contributed by atoms with Crippen molar-refractivity contribution in [3.8, 4) is 11.5 Å². The highest BCUT2D eigenvalue weighted by Gasteiger charge is 2.36. The molecule has 0 saturated heterocycles. The van der Waals surface area contributed by atoms with E-state index in [-0.39, 0.29) is 34.9 Å². The minimum absolute atomic E-state index is 0.0935. The van der Waals surface area contributed by atoms with Gasteiger partial charge < -0.3 is 19.7 Å². The molecular weight excluding hydrogens is 621 g/mol. The maximum atomic E-state index is 15.1. The minimum Gasteiger partial charge on any atom is -0.497 e. The molecule has 0 spiro atoms. The van der Waals surface area contributed by atoms with Gasteiger partial charge >= 0.3 is 0 Å². The highest BCUT2D eigenvalue weighted by molar-refractivity contribution is 7.92. The number of nitrogens with one attached hydrogen (secondary N) is 1. The van der Waals surface area contributed by atoms with Crippen LogP contribution >= 0.6 is 0 Å². The highest BCUT2D eigenvalue weighted by Crippen LogP contribution is 2.33. The highest BCUT2D eigenvalue weighted by atomic mass is 32.2. The zero-order chi connectivity index (χ0) is 34.2. The Morgan fingerprint density at radius 1 is 0.830 bits per heavy atom. The van der Waals surface area contributed by atoms with Crippen molar-refractivity contribution in [2.24, 2.45) is 0 Å². The largest absolute Gasteiger partial charge is 0.497 e. The quantitative estimate of drug-likeness (QED) is 0.200. The van der Waals surface area contributed by atoms with Crippen molar-refractivity contribution in [1.82, 2.24) is 10.2 Å². The van der Waals surface area contributed by atoms with Gasteiger partial charge in [-0.25, -0.2) is 12.8 Å². The summed E-state index contributed by atoms with van der Waals surface area (Å²) in [5.74, 6) is -1.08. The molecule has 0 aliphatic heterocycles. The van der Waals surface area contributed by atoms with E-state index in [1.165, 1.54) is 67.7 Å². The van der Waals surface area contributed by atoms with Crippen LogP contribution in [0.4, 0.5) is 10.1 Å². The first-order chi connectivity index (χ1) is 22.3. The SMILES string of the molecule is COc1ccc(S(=O)(=O)N(CC(=O)N(Cc2ccccc2F)[C@H](Cc2ccccc2)C(=O)NC(C)(C)C)c2ccccc2OC)cc1. The Bertz CT molecular complexity index is 1780. The summed E-state index contributed by atoms with van der Waals surface area (Å²) < 4.78 is 55.3. The Labute approximate surface area is 276 Å². The lowest BCUT2D eigenvalue weighted by Gasteiger charge is -2.35. The van der Waals surface area contributed by atoms with E-state index in [4.69, 9.17) is 9.47 Å². The van der Waals surface area contributed by atoms with E-state index in [0.29, 0.717) is 5.75 Å². The summed E-state index contributed by atoms with van der Waals surface area (Å²) in [6, 6.07) is 26.2. The summed E-state index contributed by atoms with van der Waals surface area (Å²) in [6.07, 6.45) is 0.100. The Hall–Kier alpha value is -4.90. The van der Waals surface area contributed by atoms with Crippen LogP contribution in [0.3, 0.4) is 0 Å². The Kier molecular flexibility index (Phi) is 11.3.